The maximum absolute atomic E-state index is 12.8. The third kappa shape index (κ3) is 5.33. The number of H-pyrrole nitrogens is 1. The molecule has 0 saturated carbocycles. The average Bonchev–Trinajstić information content (AvgIpc) is 3.17. The first-order chi connectivity index (χ1) is 13.5. The summed E-state index contributed by atoms with van der Waals surface area (Å²) in [4.78, 5) is 40.8. The molecule has 28 heavy (non-hydrogen) atoms. The van der Waals surface area contributed by atoms with E-state index in [1.807, 2.05) is 6.92 Å². The topological polar surface area (TPSA) is 133 Å². The van der Waals surface area contributed by atoms with Crippen LogP contribution in [-0.2, 0) is 27.4 Å². The number of carbonyl (C=O) groups excluding carboxylic acids is 1. The minimum atomic E-state index is -0.743. The summed E-state index contributed by atoms with van der Waals surface area (Å²) >= 11 is 0. The highest BCUT2D eigenvalue weighted by Crippen LogP contribution is 2.20. The van der Waals surface area contributed by atoms with Gasteiger partial charge in [-0.3, -0.25) is 24.0 Å². The maximum Gasteiger partial charge on any atom is 0.330 e. The van der Waals surface area contributed by atoms with Crippen LogP contribution in [0.25, 0.3) is 0 Å². The average molecular weight is 394 g/mol. The van der Waals surface area contributed by atoms with Crippen LogP contribution in [0, 0.1) is 0 Å². The summed E-state index contributed by atoms with van der Waals surface area (Å²) in [5, 5.41) is 0. The Morgan fingerprint density at radius 3 is 2.79 bits per heavy atom. The van der Waals surface area contributed by atoms with Gasteiger partial charge < -0.3 is 19.6 Å². The highest BCUT2D eigenvalue weighted by molar-refractivity contribution is 5.96. The molecule has 0 aliphatic carbocycles. The molecule has 10 nitrogen and oxygen atoms in total. The van der Waals surface area contributed by atoms with Crippen molar-refractivity contribution in [3.63, 3.8) is 0 Å². The quantitative estimate of drug-likeness (QED) is 0.536. The number of hydrogen-bond acceptors (Lipinski definition) is 7. The van der Waals surface area contributed by atoms with Gasteiger partial charge in [0.05, 0.1) is 26.0 Å². The van der Waals surface area contributed by atoms with Crippen molar-refractivity contribution in [3.8, 4) is 0 Å². The number of rotatable bonds is 11. The number of ether oxygens (including phenoxy) is 2. The van der Waals surface area contributed by atoms with Crippen LogP contribution in [0.4, 0.5) is 11.5 Å². The van der Waals surface area contributed by atoms with Gasteiger partial charge >= 0.3 is 5.69 Å². The number of nitrogens with zero attached hydrogens (tertiary/aromatic N) is 2. The lowest BCUT2D eigenvalue weighted by molar-refractivity contribution is -0.123. The zero-order valence-corrected chi connectivity index (χ0v) is 16.1. The number of methoxy groups -OCH3 is 1. The van der Waals surface area contributed by atoms with Crippen LogP contribution in [0.1, 0.15) is 25.5 Å². The number of nitrogen functional groups attached to an aromatic ring is 1. The highest BCUT2D eigenvalue weighted by atomic mass is 16.5. The summed E-state index contributed by atoms with van der Waals surface area (Å²) in [7, 11) is 1.52. The number of hydrogen-bond donors (Lipinski definition) is 2. The second-order valence-corrected chi connectivity index (χ2v) is 6.10. The number of carbonyl (C=O) groups is 1. The van der Waals surface area contributed by atoms with Crippen molar-refractivity contribution >= 4 is 17.4 Å². The van der Waals surface area contributed by atoms with Gasteiger partial charge in [0.15, 0.2) is 5.69 Å². The van der Waals surface area contributed by atoms with E-state index in [-0.39, 0.29) is 31.3 Å². The number of furan rings is 1. The molecule has 2 rings (SSSR count). The Kier molecular flexibility index (Phi) is 8.02. The third-order valence-electron chi connectivity index (χ3n) is 4.07. The lowest BCUT2D eigenvalue weighted by atomic mass is 10.3. The largest absolute Gasteiger partial charge is 0.467 e. The van der Waals surface area contributed by atoms with Gasteiger partial charge in [-0.25, -0.2) is 4.79 Å². The van der Waals surface area contributed by atoms with E-state index in [9.17, 15) is 14.4 Å². The molecule has 3 N–H and O–H groups in total. The van der Waals surface area contributed by atoms with Crippen molar-refractivity contribution in [2.24, 2.45) is 0 Å². The molecule has 1 amide bonds. The zero-order chi connectivity index (χ0) is 20.5. The lowest BCUT2D eigenvalue weighted by Gasteiger charge is -2.23. The molecule has 2 heterocycles. The number of amides is 1. The second-order valence-electron chi connectivity index (χ2n) is 6.10. The molecule has 0 aliphatic rings. The van der Waals surface area contributed by atoms with E-state index in [4.69, 9.17) is 19.6 Å². The van der Waals surface area contributed by atoms with Gasteiger partial charge in [0.2, 0.25) is 0 Å². The molecule has 0 spiro atoms. The fourth-order valence-electron chi connectivity index (χ4n) is 2.61. The number of aromatic nitrogens is 2. The molecule has 154 valence electrons. The van der Waals surface area contributed by atoms with E-state index in [0.717, 1.165) is 6.42 Å². The Balaban J connectivity index is 2.40. The monoisotopic (exact) mass is 394 g/mol. The van der Waals surface area contributed by atoms with Crippen LogP contribution in [0.5, 0.6) is 0 Å². The Morgan fingerprint density at radius 1 is 1.36 bits per heavy atom. The molecular weight excluding hydrogens is 368 g/mol. The highest BCUT2D eigenvalue weighted by Gasteiger charge is 2.25. The molecule has 0 aliphatic heterocycles. The Hall–Kier alpha value is -2.85. The van der Waals surface area contributed by atoms with Crippen molar-refractivity contribution in [2.75, 3.05) is 37.6 Å². The van der Waals surface area contributed by atoms with Gasteiger partial charge in [-0.15, -0.1) is 0 Å². The number of nitrogens with two attached hydrogens (primary N) is 1. The van der Waals surface area contributed by atoms with Crippen LogP contribution in [-0.4, -0.2) is 42.4 Å². The van der Waals surface area contributed by atoms with Gasteiger partial charge in [0.1, 0.15) is 18.2 Å². The van der Waals surface area contributed by atoms with E-state index >= 15 is 0 Å². The Morgan fingerprint density at radius 2 is 2.14 bits per heavy atom. The molecule has 0 unspecified atom stereocenters. The number of anilines is 2. The summed E-state index contributed by atoms with van der Waals surface area (Å²) in [6, 6.07) is 3.34. The molecular formula is C18H26N4O6. The van der Waals surface area contributed by atoms with E-state index in [1.165, 1.54) is 22.8 Å². The number of nitrogens with one attached hydrogen (secondary N) is 1. The van der Waals surface area contributed by atoms with E-state index in [0.29, 0.717) is 25.3 Å². The molecule has 10 heteroatoms. The Labute approximate surface area is 161 Å². The zero-order valence-electron chi connectivity index (χ0n) is 16.1. The summed E-state index contributed by atoms with van der Waals surface area (Å²) in [5.74, 6) is -0.111. The summed E-state index contributed by atoms with van der Waals surface area (Å²) in [6.07, 6.45) is 2.99. The van der Waals surface area contributed by atoms with Gasteiger partial charge in [-0.05, 0) is 18.6 Å². The summed E-state index contributed by atoms with van der Waals surface area (Å²) in [5.41, 5.74) is 4.67. The molecule has 0 bridgehead atoms. The summed E-state index contributed by atoms with van der Waals surface area (Å²) < 4.78 is 16.7. The first kappa shape index (κ1) is 21.5. The van der Waals surface area contributed by atoms with Crippen LogP contribution in [0.3, 0.4) is 0 Å². The third-order valence-corrected chi connectivity index (χ3v) is 4.07. The lowest BCUT2D eigenvalue weighted by Crippen LogP contribution is -2.42. The molecule has 0 aromatic carbocycles. The van der Waals surface area contributed by atoms with E-state index < -0.39 is 17.2 Å². The standard InChI is InChI=1S/C18H26N4O6/c1-3-4-7-21-16(19)15(17(24)20-18(21)25)22(11-13-6-5-8-28-13)14(23)12-27-10-9-26-2/h5-6,8H,3-4,7,9-12,19H2,1-2H3,(H,20,24,25). The van der Waals surface area contributed by atoms with Crippen molar-refractivity contribution in [3.05, 3.63) is 45.0 Å². The van der Waals surface area contributed by atoms with E-state index in [2.05, 4.69) is 4.98 Å². The fraction of sp³-hybridized carbons (Fsp3) is 0.500. The van der Waals surface area contributed by atoms with Crippen LogP contribution in [0.2, 0.25) is 0 Å². The van der Waals surface area contributed by atoms with Crippen LogP contribution < -0.4 is 21.9 Å². The molecule has 2 aromatic heterocycles. The SMILES string of the molecule is CCCCn1c(N)c(N(Cc2ccco2)C(=O)COCCOC)c(=O)[nH]c1=O. The van der Waals surface area contributed by atoms with Gasteiger partial charge in [0.25, 0.3) is 11.5 Å². The van der Waals surface area contributed by atoms with Gasteiger partial charge in [-0.1, -0.05) is 13.3 Å². The maximum atomic E-state index is 12.8. The second kappa shape index (κ2) is 10.5. The molecule has 0 fully saturated rings. The Bertz CT molecular complexity index is 871. The molecule has 0 atom stereocenters. The predicted molar refractivity (Wildman–Crippen MR) is 103 cm³/mol. The normalized spacial score (nSPS) is 10.9. The number of aromatic amines is 1. The minimum Gasteiger partial charge on any atom is -0.467 e. The van der Waals surface area contributed by atoms with Crippen molar-refractivity contribution in [1.82, 2.24) is 9.55 Å². The fourth-order valence-corrected chi connectivity index (χ4v) is 2.61. The van der Waals surface area contributed by atoms with Crippen molar-refractivity contribution < 1.29 is 18.7 Å². The summed E-state index contributed by atoms with van der Waals surface area (Å²) in [6.45, 7) is 2.54. The minimum absolute atomic E-state index is 0.0290. The van der Waals surface area contributed by atoms with Gasteiger partial charge in [0, 0.05) is 13.7 Å². The molecule has 0 radical (unpaired) electrons. The molecule has 0 saturated heterocycles. The van der Waals surface area contributed by atoms with Crippen molar-refractivity contribution in [1.29, 1.82) is 0 Å². The van der Waals surface area contributed by atoms with Gasteiger partial charge in [-0.2, -0.15) is 0 Å². The van der Waals surface area contributed by atoms with E-state index in [1.54, 1.807) is 12.1 Å². The smallest absolute Gasteiger partial charge is 0.330 e. The van der Waals surface area contributed by atoms with Crippen LogP contribution in [0.15, 0.2) is 32.4 Å². The first-order valence-electron chi connectivity index (χ1n) is 9.01. The number of unbranched alkanes of at least 4 members (excludes halogenated alkanes) is 1. The molecule has 2 aromatic rings. The predicted octanol–water partition coefficient (Wildman–Crippen LogP) is 0.708. The first-order valence-corrected chi connectivity index (χ1v) is 9.01. The van der Waals surface area contributed by atoms with Crippen molar-refractivity contribution in [2.45, 2.75) is 32.9 Å². The van der Waals surface area contributed by atoms with Crippen LogP contribution >= 0.6 is 0 Å².